The number of thiol groups is 2. The van der Waals surface area contributed by atoms with Gasteiger partial charge >= 0.3 is 51.4 Å². The van der Waals surface area contributed by atoms with Gasteiger partial charge in [-0.15, -0.1) is 0 Å². The fraction of sp³-hybridized carbons (Fsp3) is 0.905. The van der Waals surface area contributed by atoms with Crippen molar-refractivity contribution in [3.63, 3.8) is 0 Å². The van der Waals surface area contributed by atoms with Crippen molar-refractivity contribution >= 4 is 35.7 Å². The van der Waals surface area contributed by atoms with E-state index in [-0.39, 0.29) is 60.2 Å². The molecule has 168 valence electrons. The first-order valence-electron chi connectivity index (χ1n) is 10.3. The molecule has 7 heteroatoms. The van der Waals surface area contributed by atoms with Crippen molar-refractivity contribution < 1.29 is 62.4 Å². The van der Waals surface area contributed by atoms with E-state index >= 15 is 0 Å². The second-order valence-electron chi connectivity index (χ2n) is 6.63. The Morgan fingerprint density at radius 2 is 0.679 bits per heavy atom. The van der Waals surface area contributed by atoms with Gasteiger partial charge in [-0.3, -0.25) is 9.59 Å². The summed E-state index contributed by atoms with van der Waals surface area (Å²) in [5.41, 5.74) is 8.67. The summed E-state index contributed by atoms with van der Waals surface area (Å²) in [4.78, 5) is 18.2. The number of carbonyl (C=O) groups excluding carboxylic acids is 2. The summed E-state index contributed by atoms with van der Waals surface area (Å²) in [5, 5.41) is -1.28. The van der Waals surface area contributed by atoms with Gasteiger partial charge in [-0.05, 0) is 0 Å². The number of hydrogen-bond donors (Lipinski definition) is 4. The van der Waals surface area contributed by atoms with Gasteiger partial charge < -0.3 is 12.9 Å². The van der Waals surface area contributed by atoms with E-state index in [0.29, 0.717) is 0 Å². The van der Waals surface area contributed by atoms with Gasteiger partial charge in [-0.25, -0.2) is 0 Å². The minimum Gasteiger partial charge on any atom is -1.00 e. The van der Waals surface area contributed by atoms with E-state index in [2.05, 4.69) is 50.6 Å². The van der Waals surface area contributed by atoms with Crippen LogP contribution in [0.3, 0.4) is 0 Å². The van der Waals surface area contributed by atoms with E-state index in [1.165, 1.54) is 103 Å². The van der Waals surface area contributed by atoms with Gasteiger partial charge in [0, 0.05) is 0 Å². The Hall–Kier alpha value is 1.28. The molecule has 0 bridgehead atoms. The van der Waals surface area contributed by atoms with Crippen molar-refractivity contribution in [2.45, 2.75) is 124 Å². The first-order valence-corrected chi connectivity index (χ1v) is 11.2. The van der Waals surface area contributed by atoms with Crippen LogP contribution in [0.25, 0.3) is 0 Å². The standard InChI is InChI=1S/C18H38.2CH3NOS.CH4.K.H/c1-3-5-7-9-11-13-15-17-18-16-14-12-10-8-6-4-2;2*2-1(3)4;;;/h3-18H2,1-2H3;2*(H3,2,3,4);1H4;;/q;;;;+1;-1. The van der Waals surface area contributed by atoms with Crippen LogP contribution in [0, 0.1) is 0 Å². The van der Waals surface area contributed by atoms with Crippen molar-refractivity contribution in [2.75, 3.05) is 0 Å². The second kappa shape index (κ2) is 38.8. The number of rotatable bonds is 15. The van der Waals surface area contributed by atoms with Gasteiger partial charge in [0.2, 0.25) is 0 Å². The second-order valence-corrected chi connectivity index (χ2v) is 7.51. The Labute approximate surface area is 231 Å². The van der Waals surface area contributed by atoms with E-state index in [0.717, 1.165) is 0 Å². The zero-order valence-corrected chi connectivity index (χ0v) is 23.1. The van der Waals surface area contributed by atoms with Crippen molar-refractivity contribution in [3.8, 4) is 0 Å². The van der Waals surface area contributed by atoms with Crippen LogP contribution in [0.5, 0.6) is 0 Å². The van der Waals surface area contributed by atoms with Gasteiger partial charge in [0.05, 0.1) is 0 Å². The molecular formula is C21H49KN2O2S2. The molecule has 0 saturated carbocycles. The van der Waals surface area contributed by atoms with Crippen LogP contribution >= 0.6 is 25.3 Å². The number of primary amides is 2. The van der Waals surface area contributed by atoms with Crippen molar-refractivity contribution in [2.24, 2.45) is 11.5 Å². The van der Waals surface area contributed by atoms with E-state index in [9.17, 15) is 0 Å². The van der Waals surface area contributed by atoms with Crippen molar-refractivity contribution in [1.82, 2.24) is 0 Å². The summed E-state index contributed by atoms with van der Waals surface area (Å²) in [6, 6.07) is 0. The summed E-state index contributed by atoms with van der Waals surface area (Å²) in [6.45, 7) is 4.59. The molecule has 0 spiro atoms. The zero-order valence-electron chi connectivity index (χ0n) is 19.2. The van der Waals surface area contributed by atoms with Crippen molar-refractivity contribution in [1.29, 1.82) is 0 Å². The third-order valence-electron chi connectivity index (χ3n) is 3.96. The van der Waals surface area contributed by atoms with Crippen LogP contribution in [0.4, 0.5) is 9.59 Å². The third-order valence-corrected chi connectivity index (χ3v) is 3.96. The molecule has 0 aromatic heterocycles. The Morgan fingerprint density at radius 3 is 0.786 bits per heavy atom. The minimum atomic E-state index is -0.639. The summed E-state index contributed by atoms with van der Waals surface area (Å²) in [6.07, 6.45) is 23.4. The number of amides is 2. The number of nitrogens with two attached hydrogens (primary N) is 2. The third kappa shape index (κ3) is 71.1. The largest absolute Gasteiger partial charge is 1.00 e. The van der Waals surface area contributed by atoms with E-state index < -0.39 is 10.5 Å². The molecule has 0 radical (unpaired) electrons. The van der Waals surface area contributed by atoms with Crippen LogP contribution < -0.4 is 62.9 Å². The molecule has 0 unspecified atom stereocenters. The average Bonchev–Trinajstić information content (AvgIpc) is 2.54. The van der Waals surface area contributed by atoms with Crippen LogP contribution in [0.2, 0.25) is 0 Å². The average molecular weight is 465 g/mol. The predicted octanol–water partition coefficient (Wildman–Crippen LogP) is 5.01. The summed E-state index contributed by atoms with van der Waals surface area (Å²) in [5.74, 6) is 0. The van der Waals surface area contributed by atoms with Gasteiger partial charge in [-0.2, -0.15) is 0 Å². The molecule has 4 nitrogen and oxygen atoms in total. The molecule has 0 aliphatic rings. The minimum absolute atomic E-state index is 0. The monoisotopic (exact) mass is 464 g/mol. The Balaban J connectivity index is -0.000000103. The Morgan fingerprint density at radius 1 is 0.571 bits per heavy atom. The molecule has 2 amide bonds. The molecule has 0 fully saturated rings. The molecule has 0 rings (SSSR count). The first kappa shape index (κ1) is 39.7. The SMILES string of the molecule is C.CCCCCCCCCCCCCCCCCC.NC(=O)S.NC(=O)S.[H-].[K+]. The molecule has 28 heavy (non-hydrogen) atoms. The fourth-order valence-corrected chi connectivity index (χ4v) is 2.62. The van der Waals surface area contributed by atoms with Crippen molar-refractivity contribution in [3.05, 3.63) is 0 Å². The Bertz CT molecular complexity index is 268. The molecule has 0 aliphatic carbocycles. The smallest absolute Gasteiger partial charge is 1.00 e. The topological polar surface area (TPSA) is 86.2 Å². The predicted molar refractivity (Wildman–Crippen MR) is 130 cm³/mol. The molecule has 0 atom stereocenters. The molecule has 0 heterocycles. The maximum absolute atomic E-state index is 9.09. The molecule has 0 saturated heterocycles. The van der Waals surface area contributed by atoms with Gasteiger partial charge in [0.15, 0.2) is 0 Å². The van der Waals surface area contributed by atoms with Crippen LogP contribution in [0.15, 0.2) is 0 Å². The Kier molecular flexibility index (Phi) is 55.1. The van der Waals surface area contributed by atoms with Crippen LogP contribution in [0.1, 0.15) is 125 Å². The van der Waals surface area contributed by atoms with Gasteiger partial charge in [-0.1, -0.05) is 149 Å². The summed E-state index contributed by atoms with van der Waals surface area (Å²) >= 11 is 6.21. The maximum atomic E-state index is 9.09. The van der Waals surface area contributed by atoms with Crippen LogP contribution in [-0.2, 0) is 0 Å². The quantitative estimate of drug-likeness (QED) is 0.156. The van der Waals surface area contributed by atoms with E-state index in [1.807, 2.05) is 0 Å². The van der Waals surface area contributed by atoms with Gasteiger partial charge in [0.1, 0.15) is 0 Å². The summed E-state index contributed by atoms with van der Waals surface area (Å²) in [7, 11) is 0. The number of unbranched alkanes of at least 4 members (excludes halogenated alkanes) is 15. The van der Waals surface area contributed by atoms with Gasteiger partial charge in [0.25, 0.3) is 10.5 Å². The fourth-order valence-electron chi connectivity index (χ4n) is 2.62. The van der Waals surface area contributed by atoms with Crippen LogP contribution in [-0.4, -0.2) is 10.5 Å². The molecular weight excluding hydrogens is 415 g/mol. The normalized spacial score (nSPS) is 8.86. The van der Waals surface area contributed by atoms with E-state index in [4.69, 9.17) is 9.59 Å². The maximum Gasteiger partial charge on any atom is 1.00 e. The van der Waals surface area contributed by atoms with E-state index in [1.54, 1.807) is 0 Å². The zero-order chi connectivity index (χ0) is 20.5. The number of hydrogen-bond acceptors (Lipinski definition) is 2. The number of carbonyl (C=O) groups is 2. The molecule has 4 N–H and O–H groups in total. The molecule has 0 aromatic rings. The molecule has 0 aromatic carbocycles. The molecule has 0 aliphatic heterocycles. The first-order chi connectivity index (χ1) is 12.4. The summed E-state index contributed by atoms with van der Waals surface area (Å²) < 4.78 is 0.